The van der Waals surface area contributed by atoms with Gasteiger partial charge in [-0.05, 0) is 43.3 Å². The lowest BCUT2D eigenvalue weighted by molar-refractivity contribution is -0.122. The Hall–Kier alpha value is -2.96. The minimum atomic E-state index is -0.936. The van der Waals surface area contributed by atoms with E-state index in [2.05, 4.69) is 10.6 Å². The first-order chi connectivity index (χ1) is 11.5. The Kier molecular flexibility index (Phi) is 5.83. The molecule has 2 aromatic rings. The van der Waals surface area contributed by atoms with E-state index in [-0.39, 0.29) is 12.5 Å². The van der Waals surface area contributed by atoms with Gasteiger partial charge in [0, 0.05) is 12.2 Å². The first-order valence-electron chi connectivity index (χ1n) is 7.26. The molecule has 7 heteroatoms. The average molecular weight is 334 g/mol. The molecule has 2 aromatic carbocycles. The van der Waals surface area contributed by atoms with Crippen molar-refractivity contribution >= 4 is 17.5 Å². The van der Waals surface area contributed by atoms with Crippen LogP contribution in [0.25, 0.3) is 0 Å². The molecule has 0 aliphatic carbocycles. The molecule has 5 nitrogen and oxygen atoms in total. The Morgan fingerprint density at radius 1 is 1.04 bits per heavy atom. The molecular weight excluding hydrogens is 318 g/mol. The molecule has 0 aromatic heterocycles. The highest BCUT2D eigenvalue weighted by atomic mass is 19.1. The summed E-state index contributed by atoms with van der Waals surface area (Å²) in [5, 5.41) is 4.99. The van der Waals surface area contributed by atoms with Crippen molar-refractivity contribution in [2.75, 3.05) is 18.5 Å². The number of hydrogen-bond donors (Lipinski definition) is 2. The molecule has 126 valence electrons. The van der Waals surface area contributed by atoms with Crippen LogP contribution in [0.1, 0.15) is 17.3 Å². The number of hydrogen-bond acceptors (Lipinski definition) is 3. The highest BCUT2D eigenvalue weighted by molar-refractivity contribution is 6.04. The fraction of sp³-hybridized carbons (Fsp3) is 0.176. The normalized spacial score (nSPS) is 10.1. The van der Waals surface area contributed by atoms with Crippen LogP contribution in [0.3, 0.4) is 0 Å². The number of carbonyl (C=O) groups excluding carboxylic acids is 2. The lowest BCUT2D eigenvalue weighted by Gasteiger charge is -2.09. The summed E-state index contributed by atoms with van der Waals surface area (Å²) in [5.74, 6) is -2.58. The summed E-state index contributed by atoms with van der Waals surface area (Å²) < 4.78 is 32.4. The lowest BCUT2D eigenvalue weighted by atomic mass is 10.2. The van der Waals surface area contributed by atoms with Gasteiger partial charge in [0.1, 0.15) is 22.9 Å². The van der Waals surface area contributed by atoms with Crippen molar-refractivity contribution in [3.05, 3.63) is 59.7 Å². The molecule has 0 saturated heterocycles. The third-order valence-electron chi connectivity index (χ3n) is 3.05. The Bertz CT molecular complexity index is 713. The fourth-order valence-electron chi connectivity index (χ4n) is 1.94. The van der Waals surface area contributed by atoms with Gasteiger partial charge in [-0.1, -0.05) is 6.07 Å². The quantitative estimate of drug-likeness (QED) is 0.853. The van der Waals surface area contributed by atoms with Gasteiger partial charge in [0.15, 0.2) is 6.61 Å². The number of anilines is 1. The van der Waals surface area contributed by atoms with Crippen LogP contribution in [0.15, 0.2) is 42.5 Å². The zero-order valence-electron chi connectivity index (χ0n) is 12.9. The highest BCUT2D eigenvalue weighted by Crippen LogP contribution is 2.18. The van der Waals surface area contributed by atoms with Crippen molar-refractivity contribution in [1.29, 1.82) is 0 Å². The summed E-state index contributed by atoms with van der Waals surface area (Å²) in [6, 6.07) is 9.28. The molecule has 0 aliphatic heterocycles. The molecule has 0 fully saturated rings. The summed E-state index contributed by atoms with van der Waals surface area (Å²) in [5.41, 5.74) is -0.304. The number of halogens is 2. The topological polar surface area (TPSA) is 67.4 Å². The summed E-state index contributed by atoms with van der Waals surface area (Å²) in [4.78, 5) is 23.2. The van der Waals surface area contributed by atoms with Crippen LogP contribution in [0, 0.1) is 11.6 Å². The van der Waals surface area contributed by atoms with Gasteiger partial charge in [-0.25, -0.2) is 8.78 Å². The lowest BCUT2D eigenvalue weighted by Crippen LogP contribution is -2.28. The minimum Gasteiger partial charge on any atom is -0.484 e. The number of rotatable bonds is 6. The molecule has 24 heavy (non-hydrogen) atoms. The maximum atomic E-state index is 13.5. The van der Waals surface area contributed by atoms with Crippen molar-refractivity contribution in [1.82, 2.24) is 5.32 Å². The van der Waals surface area contributed by atoms with E-state index in [1.54, 1.807) is 6.92 Å². The molecular formula is C17H16F2N2O3. The van der Waals surface area contributed by atoms with Crippen LogP contribution in [-0.4, -0.2) is 25.0 Å². The van der Waals surface area contributed by atoms with Crippen LogP contribution in [-0.2, 0) is 4.79 Å². The predicted molar refractivity (Wildman–Crippen MR) is 84.9 cm³/mol. The first kappa shape index (κ1) is 17.4. The van der Waals surface area contributed by atoms with E-state index in [9.17, 15) is 18.4 Å². The van der Waals surface area contributed by atoms with Crippen LogP contribution in [0.2, 0.25) is 0 Å². The second kappa shape index (κ2) is 8.05. The van der Waals surface area contributed by atoms with Gasteiger partial charge in [-0.2, -0.15) is 0 Å². The third kappa shape index (κ3) is 4.52. The van der Waals surface area contributed by atoms with Gasteiger partial charge in [0.25, 0.3) is 11.8 Å². The Balaban J connectivity index is 1.99. The van der Waals surface area contributed by atoms with E-state index in [0.29, 0.717) is 18.0 Å². The number of benzene rings is 2. The SMILES string of the molecule is CCNC(=O)COc1ccc(NC(=O)c2c(F)cccc2F)cc1. The van der Waals surface area contributed by atoms with Crippen molar-refractivity contribution < 1.29 is 23.1 Å². The molecule has 0 saturated carbocycles. The van der Waals surface area contributed by atoms with Gasteiger partial charge < -0.3 is 15.4 Å². The molecule has 0 unspecified atom stereocenters. The van der Waals surface area contributed by atoms with E-state index in [4.69, 9.17) is 4.74 Å². The number of carbonyl (C=O) groups is 2. The first-order valence-corrected chi connectivity index (χ1v) is 7.26. The molecule has 0 radical (unpaired) electrons. The number of ether oxygens (including phenoxy) is 1. The number of likely N-dealkylation sites (N-methyl/N-ethyl adjacent to an activating group) is 1. The summed E-state index contributed by atoms with van der Waals surface area (Å²) in [6.07, 6.45) is 0. The second-order valence-corrected chi connectivity index (χ2v) is 4.82. The fourth-order valence-corrected chi connectivity index (χ4v) is 1.94. The van der Waals surface area contributed by atoms with Gasteiger partial charge in [-0.3, -0.25) is 9.59 Å². The van der Waals surface area contributed by atoms with Crippen LogP contribution in [0.5, 0.6) is 5.75 Å². The molecule has 2 rings (SSSR count). The standard InChI is InChI=1S/C17H16F2N2O3/c1-2-20-15(22)10-24-12-8-6-11(7-9-12)21-17(23)16-13(18)4-3-5-14(16)19/h3-9H,2,10H2,1H3,(H,20,22)(H,21,23). The molecule has 0 aliphatic rings. The van der Waals surface area contributed by atoms with Gasteiger partial charge >= 0.3 is 0 Å². The molecule has 2 N–H and O–H groups in total. The van der Waals surface area contributed by atoms with Gasteiger partial charge in [0.05, 0.1) is 0 Å². The number of amides is 2. The zero-order chi connectivity index (χ0) is 17.5. The van der Waals surface area contributed by atoms with Crippen molar-refractivity contribution in [3.63, 3.8) is 0 Å². The monoisotopic (exact) mass is 334 g/mol. The van der Waals surface area contributed by atoms with E-state index >= 15 is 0 Å². The van der Waals surface area contributed by atoms with Gasteiger partial charge in [0.2, 0.25) is 0 Å². The summed E-state index contributed by atoms with van der Waals surface area (Å²) >= 11 is 0. The van der Waals surface area contributed by atoms with E-state index in [0.717, 1.165) is 12.1 Å². The molecule has 0 spiro atoms. The maximum Gasteiger partial charge on any atom is 0.261 e. The van der Waals surface area contributed by atoms with Crippen molar-refractivity contribution in [3.8, 4) is 5.75 Å². The summed E-state index contributed by atoms with van der Waals surface area (Å²) in [6.45, 7) is 2.19. The Morgan fingerprint density at radius 2 is 1.67 bits per heavy atom. The van der Waals surface area contributed by atoms with Crippen molar-refractivity contribution in [2.45, 2.75) is 6.92 Å². The highest BCUT2D eigenvalue weighted by Gasteiger charge is 2.17. The van der Waals surface area contributed by atoms with Crippen LogP contribution < -0.4 is 15.4 Å². The molecule has 0 heterocycles. The zero-order valence-corrected chi connectivity index (χ0v) is 12.9. The summed E-state index contributed by atoms with van der Waals surface area (Å²) in [7, 11) is 0. The average Bonchev–Trinajstić information content (AvgIpc) is 2.54. The largest absolute Gasteiger partial charge is 0.484 e. The van der Waals surface area contributed by atoms with E-state index < -0.39 is 23.1 Å². The van der Waals surface area contributed by atoms with Gasteiger partial charge in [-0.15, -0.1) is 0 Å². The second-order valence-electron chi connectivity index (χ2n) is 4.82. The molecule has 2 amide bonds. The van der Waals surface area contributed by atoms with E-state index in [1.165, 1.54) is 30.3 Å². The minimum absolute atomic E-state index is 0.125. The van der Waals surface area contributed by atoms with Crippen molar-refractivity contribution in [2.24, 2.45) is 0 Å². The molecule has 0 bridgehead atoms. The number of nitrogens with one attached hydrogen (secondary N) is 2. The van der Waals surface area contributed by atoms with Crippen LogP contribution in [0.4, 0.5) is 14.5 Å². The van der Waals surface area contributed by atoms with E-state index in [1.807, 2.05) is 0 Å². The Morgan fingerprint density at radius 3 is 2.25 bits per heavy atom. The third-order valence-corrected chi connectivity index (χ3v) is 3.05. The Labute approximate surface area is 137 Å². The van der Waals surface area contributed by atoms with Crippen LogP contribution >= 0.6 is 0 Å². The predicted octanol–water partition coefficient (Wildman–Crippen LogP) is 2.73. The smallest absolute Gasteiger partial charge is 0.261 e. The molecule has 0 atom stereocenters. The maximum absolute atomic E-state index is 13.5.